The van der Waals surface area contributed by atoms with Crippen molar-refractivity contribution in [3.63, 3.8) is 0 Å². The van der Waals surface area contributed by atoms with Crippen molar-refractivity contribution in [3.05, 3.63) is 45.4 Å². The van der Waals surface area contributed by atoms with E-state index >= 15 is 0 Å². The number of aromatic nitrogens is 1. The zero-order valence-electron chi connectivity index (χ0n) is 13.4. The lowest BCUT2D eigenvalue weighted by Gasteiger charge is -2.29. The topological polar surface area (TPSA) is 92.6 Å². The minimum Gasteiger partial charge on any atom is -0.465 e. The Morgan fingerprint density at radius 1 is 1.36 bits per heavy atom. The Bertz CT molecular complexity index is 897. The lowest BCUT2D eigenvalue weighted by atomic mass is 9.96. The second kappa shape index (κ2) is 6.77. The zero-order chi connectivity index (χ0) is 18.1. The van der Waals surface area contributed by atoms with E-state index in [4.69, 9.17) is 9.84 Å². The molecule has 3 N–H and O–H groups in total. The molecule has 0 saturated carbocycles. The van der Waals surface area contributed by atoms with E-state index < -0.39 is 23.3 Å². The van der Waals surface area contributed by atoms with Crippen LogP contribution in [0.25, 0.3) is 10.8 Å². The fourth-order valence-electron chi connectivity index (χ4n) is 3.16. The van der Waals surface area contributed by atoms with Gasteiger partial charge in [-0.1, -0.05) is 0 Å². The smallest absolute Gasteiger partial charge is 0.404 e. The molecule has 0 aliphatic carbocycles. The molecule has 0 bridgehead atoms. The predicted molar refractivity (Wildman–Crippen MR) is 85.6 cm³/mol. The summed E-state index contributed by atoms with van der Waals surface area (Å²) in [5.41, 5.74) is 0.680. The van der Waals surface area contributed by atoms with Gasteiger partial charge in [0.1, 0.15) is 0 Å². The molecule has 1 amide bonds. The Labute approximate surface area is 141 Å². The number of halogens is 2. The molecule has 2 heterocycles. The highest BCUT2D eigenvalue weighted by atomic mass is 19.2. The maximum absolute atomic E-state index is 13.8. The first-order valence-corrected chi connectivity index (χ1v) is 7.70. The van der Waals surface area contributed by atoms with Gasteiger partial charge in [-0.3, -0.25) is 4.79 Å². The number of rotatable bonds is 4. The van der Waals surface area contributed by atoms with Gasteiger partial charge >= 0.3 is 6.09 Å². The average Bonchev–Trinajstić information content (AvgIpc) is 2.58. The van der Waals surface area contributed by atoms with Crippen molar-refractivity contribution >= 4 is 16.9 Å². The van der Waals surface area contributed by atoms with Crippen LogP contribution in [0.3, 0.4) is 0 Å². The number of likely N-dealkylation sites (N-methyl/N-ethyl adjacent to an activating group) is 1. The number of nitrogens with one attached hydrogen (secondary N) is 2. The fourth-order valence-corrected chi connectivity index (χ4v) is 3.16. The van der Waals surface area contributed by atoms with E-state index in [-0.39, 0.29) is 31.1 Å². The van der Waals surface area contributed by atoms with Gasteiger partial charge in [0.15, 0.2) is 11.6 Å². The quantitative estimate of drug-likeness (QED) is 0.771. The number of amides is 1. The standard InChI is InChI=1S/C16H17F2N3O4/c1-19-12-6-25-7-13-14(12)8-4-10(17)11(18)5-9(8)15(22)21(13)3-2-20-16(23)24/h4-5,12,19-20H,2-3,6-7H2,1H3,(H,23,24). The molecule has 1 aliphatic heterocycles. The molecule has 7 nitrogen and oxygen atoms in total. The summed E-state index contributed by atoms with van der Waals surface area (Å²) in [5.74, 6) is -2.13. The minimum absolute atomic E-state index is 0.00108. The van der Waals surface area contributed by atoms with E-state index in [1.807, 2.05) is 0 Å². The van der Waals surface area contributed by atoms with Crippen LogP contribution in [0.15, 0.2) is 16.9 Å². The number of nitrogens with zero attached hydrogens (tertiary/aromatic N) is 1. The number of carboxylic acid groups (broad SMARTS) is 1. The zero-order valence-corrected chi connectivity index (χ0v) is 13.4. The van der Waals surface area contributed by atoms with Gasteiger partial charge in [0.25, 0.3) is 5.56 Å². The summed E-state index contributed by atoms with van der Waals surface area (Å²) in [4.78, 5) is 23.4. The van der Waals surface area contributed by atoms with Gasteiger partial charge in [0.05, 0.1) is 30.3 Å². The van der Waals surface area contributed by atoms with Gasteiger partial charge in [-0.25, -0.2) is 13.6 Å². The molecule has 1 aromatic heterocycles. The summed E-state index contributed by atoms with van der Waals surface area (Å²) in [7, 11) is 1.70. The number of carbonyl (C=O) groups is 1. The minimum atomic E-state index is -1.21. The van der Waals surface area contributed by atoms with Gasteiger partial charge in [-0.15, -0.1) is 0 Å². The molecule has 1 aromatic carbocycles. The number of benzene rings is 1. The first-order chi connectivity index (χ1) is 11.9. The Balaban J connectivity index is 2.25. The van der Waals surface area contributed by atoms with Crippen LogP contribution < -0.4 is 16.2 Å². The SMILES string of the molecule is CNC1COCc2c1c1cc(F)c(F)cc1c(=O)n2CCNC(=O)O. The number of pyridine rings is 1. The molecule has 25 heavy (non-hydrogen) atoms. The lowest BCUT2D eigenvalue weighted by molar-refractivity contribution is 0.0784. The van der Waals surface area contributed by atoms with Crippen LogP contribution in [-0.2, 0) is 17.9 Å². The highest BCUT2D eigenvalue weighted by molar-refractivity contribution is 5.86. The van der Waals surface area contributed by atoms with Crippen LogP contribution >= 0.6 is 0 Å². The fraction of sp³-hybridized carbons (Fsp3) is 0.375. The molecule has 0 spiro atoms. The second-order valence-corrected chi connectivity index (χ2v) is 5.72. The summed E-state index contributed by atoms with van der Waals surface area (Å²) in [6, 6.07) is 1.62. The molecule has 0 fully saturated rings. The van der Waals surface area contributed by atoms with E-state index in [2.05, 4.69) is 10.6 Å². The molecule has 0 radical (unpaired) electrons. The number of ether oxygens (including phenoxy) is 1. The molecule has 1 aliphatic rings. The lowest BCUT2D eigenvalue weighted by Crippen LogP contribution is -2.37. The number of fused-ring (bicyclic) bond motifs is 3. The van der Waals surface area contributed by atoms with E-state index in [1.165, 1.54) is 4.57 Å². The first-order valence-electron chi connectivity index (χ1n) is 7.70. The average molecular weight is 353 g/mol. The van der Waals surface area contributed by atoms with Gasteiger partial charge in [-0.05, 0) is 24.6 Å². The monoisotopic (exact) mass is 353 g/mol. The normalized spacial score (nSPS) is 16.7. The third kappa shape index (κ3) is 3.08. The Morgan fingerprint density at radius 3 is 2.68 bits per heavy atom. The van der Waals surface area contributed by atoms with Crippen molar-refractivity contribution < 1.29 is 23.4 Å². The maximum atomic E-state index is 13.8. The van der Waals surface area contributed by atoms with Gasteiger partial charge in [0, 0.05) is 18.7 Å². The number of hydrogen-bond acceptors (Lipinski definition) is 4. The van der Waals surface area contributed by atoms with Crippen molar-refractivity contribution in [3.8, 4) is 0 Å². The van der Waals surface area contributed by atoms with Crippen LogP contribution in [-0.4, -0.2) is 36.0 Å². The summed E-state index contributed by atoms with van der Waals surface area (Å²) in [6.45, 7) is 0.511. The first kappa shape index (κ1) is 17.3. The molecule has 134 valence electrons. The van der Waals surface area contributed by atoms with Crippen molar-refractivity contribution in [2.24, 2.45) is 0 Å². The maximum Gasteiger partial charge on any atom is 0.404 e. The van der Waals surface area contributed by atoms with Gasteiger partial charge in [0.2, 0.25) is 0 Å². The summed E-state index contributed by atoms with van der Waals surface area (Å²) >= 11 is 0. The number of hydrogen-bond donors (Lipinski definition) is 3. The third-order valence-corrected chi connectivity index (χ3v) is 4.29. The van der Waals surface area contributed by atoms with Crippen molar-refractivity contribution in [1.29, 1.82) is 0 Å². The van der Waals surface area contributed by atoms with Gasteiger partial charge < -0.3 is 25.0 Å². The highest BCUT2D eigenvalue weighted by Gasteiger charge is 2.27. The van der Waals surface area contributed by atoms with E-state index in [0.29, 0.717) is 23.3 Å². The summed E-state index contributed by atoms with van der Waals surface area (Å²) in [6.07, 6.45) is -1.21. The molecule has 1 unspecified atom stereocenters. The Kier molecular flexibility index (Phi) is 4.69. The largest absolute Gasteiger partial charge is 0.465 e. The van der Waals surface area contributed by atoms with Crippen molar-refractivity contribution in [1.82, 2.24) is 15.2 Å². The summed E-state index contributed by atoms with van der Waals surface area (Å²) < 4.78 is 34.3. The van der Waals surface area contributed by atoms with E-state index in [9.17, 15) is 18.4 Å². The third-order valence-electron chi connectivity index (χ3n) is 4.29. The molecular formula is C16H17F2N3O4. The second-order valence-electron chi connectivity index (χ2n) is 5.72. The summed E-state index contributed by atoms with van der Waals surface area (Å²) in [5, 5.41) is 14.3. The highest BCUT2D eigenvalue weighted by Crippen LogP contribution is 2.31. The van der Waals surface area contributed by atoms with E-state index in [0.717, 1.165) is 12.1 Å². The van der Waals surface area contributed by atoms with Crippen LogP contribution in [0.1, 0.15) is 17.3 Å². The molecule has 3 rings (SSSR count). The Morgan fingerprint density at radius 2 is 2.04 bits per heavy atom. The van der Waals surface area contributed by atoms with E-state index in [1.54, 1.807) is 7.05 Å². The molecule has 1 atom stereocenters. The van der Waals surface area contributed by atoms with Crippen molar-refractivity contribution in [2.45, 2.75) is 19.2 Å². The molecule has 2 aromatic rings. The Hall–Kier alpha value is -2.52. The van der Waals surface area contributed by atoms with Crippen molar-refractivity contribution in [2.75, 3.05) is 20.2 Å². The van der Waals surface area contributed by atoms with Crippen LogP contribution in [0, 0.1) is 11.6 Å². The van der Waals surface area contributed by atoms with Crippen LogP contribution in [0.5, 0.6) is 0 Å². The predicted octanol–water partition coefficient (Wildman–Crippen LogP) is 1.34. The molecular weight excluding hydrogens is 336 g/mol. The molecule has 0 saturated heterocycles. The van der Waals surface area contributed by atoms with Crippen LogP contribution in [0.4, 0.5) is 13.6 Å². The van der Waals surface area contributed by atoms with Crippen LogP contribution in [0.2, 0.25) is 0 Å². The van der Waals surface area contributed by atoms with Gasteiger partial charge in [-0.2, -0.15) is 0 Å². The molecule has 9 heteroatoms.